The summed E-state index contributed by atoms with van der Waals surface area (Å²) in [6.07, 6.45) is 0. The lowest BCUT2D eigenvalue weighted by Gasteiger charge is -1.84. The van der Waals surface area contributed by atoms with Gasteiger partial charge in [-0.25, -0.2) is 5.43 Å². The van der Waals surface area contributed by atoms with Crippen LogP contribution in [0.25, 0.3) is 0 Å². The summed E-state index contributed by atoms with van der Waals surface area (Å²) in [6.45, 7) is 0. The van der Waals surface area contributed by atoms with Crippen LogP contribution >= 0.6 is 0 Å². The van der Waals surface area contributed by atoms with E-state index in [4.69, 9.17) is 0 Å². The van der Waals surface area contributed by atoms with Gasteiger partial charge in [-0.2, -0.15) is 10.4 Å². The molecule has 2 rings (SSSR count). The van der Waals surface area contributed by atoms with Crippen molar-refractivity contribution < 1.29 is 21.9 Å². The molecule has 15 heteroatoms. The molecule has 15 nitrogen and oxygen atoms in total. The van der Waals surface area contributed by atoms with Crippen molar-refractivity contribution in [3.63, 3.8) is 0 Å². The molecule has 0 spiro atoms. The third-order valence-corrected chi connectivity index (χ3v) is 0.969. The maximum atomic E-state index is 3.56. The van der Waals surface area contributed by atoms with E-state index >= 15 is 0 Å². The molecule has 0 saturated carbocycles. The van der Waals surface area contributed by atoms with Gasteiger partial charge in [0, 0.05) is 0 Å². The predicted molar refractivity (Wildman–Crippen MR) is 50.9 cm³/mol. The Balaban J connectivity index is -0.000000490. The van der Waals surface area contributed by atoms with E-state index in [-0.39, 0.29) is 33.8 Å². The monoisotopic (exact) mass is 253 g/mol. The molecule has 0 aliphatic rings. The zero-order valence-electron chi connectivity index (χ0n) is 8.08. The fourth-order valence-corrected chi connectivity index (χ4v) is 0.522. The van der Waals surface area contributed by atoms with Crippen LogP contribution in [-0.2, 0) is 0 Å². The van der Waals surface area contributed by atoms with E-state index in [1.54, 1.807) is 0 Å². The molecule has 98 valence electrons. The number of aromatic amines is 2. The van der Waals surface area contributed by atoms with Gasteiger partial charge in [0.05, 0.1) is 0 Å². The number of aromatic nitrogens is 8. The standard InChI is InChI=1S/C2H3N11.4H2O/c3(1-5-10-11-6-1)9-4-2-7-12-13-8-2;;;;/h(H3,3,4,5,6,7,8,10,11,12,13);4*1H2. The third kappa shape index (κ3) is 5.74. The minimum Gasteiger partial charge on any atom is -0.412 e. The van der Waals surface area contributed by atoms with Crippen molar-refractivity contribution in [3.8, 4) is 0 Å². The van der Waals surface area contributed by atoms with E-state index in [2.05, 4.69) is 57.0 Å². The van der Waals surface area contributed by atoms with E-state index in [1.165, 1.54) is 0 Å². The third-order valence-electron chi connectivity index (χ3n) is 0.969. The summed E-state index contributed by atoms with van der Waals surface area (Å²) in [5, 5.41) is 32.1. The Bertz CT molecular complexity index is 368. The van der Waals surface area contributed by atoms with Crippen molar-refractivity contribution in [1.82, 2.24) is 41.2 Å². The van der Waals surface area contributed by atoms with Crippen LogP contribution in [0.1, 0.15) is 0 Å². The lowest BCUT2D eigenvalue weighted by molar-refractivity contribution is 0.823. The average Bonchev–Trinajstić information content (AvgIpc) is 2.75. The molecule has 0 radical (unpaired) electrons. The highest BCUT2D eigenvalue weighted by Gasteiger charge is 1.94. The molecule has 0 aromatic carbocycles. The molecule has 2 aromatic rings. The SMILES string of the molecule is N(=Nc1nn[nH]n1)Nc1nn[nH]n1.O.O.O.O. The highest BCUT2D eigenvalue weighted by molar-refractivity contribution is 5.16. The molecule has 0 aliphatic heterocycles. The Morgan fingerprint density at radius 3 is 2.06 bits per heavy atom. The van der Waals surface area contributed by atoms with Crippen LogP contribution in [0.15, 0.2) is 10.3 Å². The fourth-order valence-electron chi connectivity index (χ4n) is 0.522. The Hall–Kier alpha value is -2.62. The molecule has 0 amide bonds. The van der Waals surface area contributed by atoms with E-state index < -0.39 is 0 Å². The molecule has 0 fully saturated rings. The zero-order chi connectivity index (χ0) is 8.93. The van der Waals surface area contributed by atoms with Gasteiger partial charge in [0.25, 0.3) is 5.95 Å². The summed E-state index contributed by atoms with van der Waals surface area (Å²) in [6, 6.07) is 0. The highest BCUT2D eigenvalue weighted by Crippen LogP contribution is 1.98. The van der Waals surface area contributed by atoms with Gasteiger partial charge in [-0.3, -0.25) is 0 Å². The molecule has 0 unspecified atom stereocenters. The van der Waals surface area contributed by atoms with Crippen LogP contribution in [0.4, 0.5) is 11.9 Å². The maximum Gasteiger partial charge on any atom is 0.309 e. The number of hydrogen-bond donors (Lipinski definition) is 3. The van der Waals surface area contributed by atoms with E-state index in [0.29, 0.717) is 0 Å². The number of nitrogens with zero attached hydrogens (tertiary/aromatic N) is 8. The quantitative estimate of drug-likeness (QED) is 0.355. The minimum absolute atomic E-state index is 0. The van der Waals surface area contributed by atoms with Crippen molar-refractivity contribution in [1.29, 1.82) is 0 Å². The molecule has 2 aromatic heterocycles. The molecule has 0 aliphatic carbocycles. The van der Waals surface area contributed by atoms with Crippen molar-refractivity contribution >= 4 is 11.9 Å². The average molecular weight is 253 g/mol. The second-order valence-corrected chi connectivity index (χ2v) is 1.76. The number of nitrogens with one attached hydrogen (secondary N) is 3. The minimum atomic E-state index is 0. The van der Waals surface area contributed by atoms with E-state index in [1.807, 2.05) is 0 Å². The van der Waals surface area contributed by atoms with Crippen molar-refractivity contribution in [2.45, 2.75) is 0 Å². The summed E-state index contributed by atoms with van der Waals surface area (Å²) < 4.78 is 0. The van der Waals surface area contributed by atoms with Crippen LogP contribution < -0.4 is 5.43 Å². The normalized spacial score (nSPS) is 8.24. The molecule has 0 atom stereocenters. The van der Waals surface area contributed by atoms with Crippen molar-refractivity contribution in [3.05, 3.63) is 0 Å². The Morgan fingerprint density at radius 2 is 1.53 bits per heavy atom. The van der Waals surface area contributed by atoms with Crippen molar-refractivity contribution in [2.75, 3.05) is 5.43 Å². The number of rotatable bonds is 3. The van der Waals surface area contributed by atoms with Crippen LogP contribution in [0, 0.1) is 0 Å². The molecule has 11 N–H and O–H groups in total. The zero-order valence-corrected chi connectivity index (χ0v) is 8.08. The van der Waals surface area contributed by atoms with Gasteiger partial charge in [0.15, 0.2) is 0 Å². The van der Waals surface area contributed by atoms with Gasteiger partial charge in [-0.05, 0) is 10.4 Å². The van der Waals surface area contributed by atoms with Crippen LogP contribution in [0.3, 0.4) is 0 Å². The molecule has 2 heterocycles. The Labute approximate surface area is 91.9 Å². The van der Waals surface area contributed by atoms with Crippen LogP contribution in [-0.4, -0.2) is 63.2 Å². The van der Waals surface area contributed by atoms with E-state index in [9.17, 15) is 0 Å². The van der Waals surface area contributed by atoms with Gasteiger partial charge in [0.2, 0.25) is 0 Å². The van der Waals surface area contributed by atoms with Gasteiger partial charge in [0.1, 0.15) is 0 Å². The number of anilines is 1. The number of hydrogen-bond acceptors (Lipinski definition) is 8. The Kier molecular flexibility index (Phi) is 11.6. The maximum absolute atomic E-state index is 3.56. The fraction of sp³-hybridized carbons (Fsp3) is 0. The largest absolute Gasteiger partial charge is 0.412 e. The van der Waals surface area contributed by atoms with Gasteiger partial charge >= 0.3 is 5.95 Å². The molecule has 0 bridgehead atoms. The second-order valence-electron chi connectivity index (χ2n) is 1.76. The predicted octanol–water partition coefficient (Wildman–Crippen LogP) is -4.48. The highest BCUT2D eigenvalue weighted by atomic mass is 16.0. The van der Waals surface area contributed by atoms with Gasteiger partial charge < -0.3 is 21.9 Å². The summed E-state index contributed by atoms with van der Waals surface area (Å²) in [7, 11) is 0. The molecular weight excluding hydrogens is 242 g/mol. The summed E-state index contributed by atoms with van der Waals surface area (Å²) >= 11 is 0. The first-order valence-corrected chi connectivity index (χ1v) is 3.09. The lowest BCUT2D eigenvalue weighted by atomic mass is 11.1. The first-order valence-electron chi connectivity index (χ1n) is 3.09. The van der Waals surface area contributed by atoms with Crippen LogP contribution in [0.2, 0.25) is 0 Å². The van der Waals surface area contributed by atoms with Gasteiger partial charge in [-0.15, -0.1) is 10.2 Å². The number of H-pyrrole nitrogens is 2. The summed E-state index contributed by atoms with van der Waals surface area (Å²) in [5.74, 6) is 0.309. The van der Waals surface area contributed by atoms with E-state index in [0.717, 1.165) is 0 Å². The number of tetrazole rings is 2. The summed E-state index contributed by atoms with van der Waals surface area (Å²) in [4.78, 5) is 0. The summed E-state index contributed by atoms with van der Waals surface area (Å²) in [5.41, 5.74) is 2.38. The molecule has 17 heavy (non-hydrogen) atoms. The van der Waals surface area contributed by atoms with Gasteiger partial charge in [-0.1, -0.05) is 20.5 Å². The van der Waals surface area contributed by atoms with Crippen molar-refractivity contribution in [2.24, 2.45) is 10.3 Å². The smallest absolute Gasteiger partial charge is 0.309 e. The Morgan fingerprint density at radius 1 is 0.882 bits per heavy atom. The second kappa shape index (κ2) is 9.92. The van der Waals surface area contributed by atoms with Crippen LogP contribution in [0.5, 0.6) is 0 Å². The molecule has 0 saturated heterocycles. The molecular formula is C2H11N11O4. The topological polar surface area (TPSA) is 272 Å². The first kappa shape index (κ1) is 19.9. The lowest BCUT2D eigenvalue weighted by Crippen LogP contribution is -1.88. The first-order chi connectivity index (χ1) is 6.45.